The van der Waals surface area contributed by atoms with E-state index in [1.807, 2.05) is 13.8 Å². The van der Waals surface area contributed by atoms with Crippen LogP contribution in [0.2, 0.25) is 0 Å². The number of aromatic nitrogens is 4. The van der Waals surface area contributed by atoms with Gasteiger partial charge in [-0.05, 0) is 12.8 Å². The molecule has 0 radical (unpaired) electrons. The number of thioether (sulfide) groups is 1. The van der Waals surface area contributed by atoms with E-state index in [-0.39, 0.29) is 17.3 Å². The molecule has 2 aromatic heterocycles. The quantitative estimate of drug-likeness (QED) is 0.586. The summed E-state index contributed by atoms with van der Waals surface area (Å²) in [5, 5.41) is 0.301. The Labute approximate surface area is 148 Å². The number of ether oxygens (including phenoxy) is 1. The van der Waals surface area contributed by atoms with Crippen molar-refractivity contribution in [1.82, 2.24) is 19.1 Å². The Morgan fingerprint density at radius 3 is 2.60 bits per heavy atom. The van der Waals surface area contributed by atoms with E-state index in [4.69, 9.17) is 4.74 Å². The fourth-order valence-electron chi connectivity index (χ4n) is 2.78. The van der Waals surface area contributed by atoms with Gasteiger partial charge in [-0.2, -0.15) is 0 Å². The topological polar surface area (TPSA) is 96.1 Å². The third-order valence-corrected chi connectivity index (χ3v) is 5.18. The molecule has 9 heteroatoms. The number of rotatable bonds is 4. The highest BCUT2D eigenvalue weighted by Crippen LogP contribution is 2.31. The second-order valence-corrected chi connectivity index (χ2v) is 7.68. The van der Waals surface area contributed by atoms with Crippen molar-refractivity contribution in [3.8, 4) is 0 Å². The molecule has 0 aliphatic carbocycles. The van der Waals surface area contributed by atoms with Gasteiger partial charge in [-0.15, -0.1) is 0 Å². The van der Waals surface area contributed by atoms with Crippen LogP contribution in [0.1, 0.15) is 26.1 Å². The summed E-state index contributed by atoms with van der Waals surface area (Å²) in [5.74, 6) is 0.350. The fraction of sp³-hybridized carbons (Fsp3) is 0.562. The van der Waals surface area contributed by atoms with E-state index in [0.717, 1.165) is 4.57 Å². The van der Waals surface area contributed by atoms with E-state index in [2.05, 4.69) is 9.97 Å². The first-order valence-corrected chi connectivity index (χ1v) is 8.99. The third kappa shape index (κ3) is 3.20. The van der Waals surface area contributed by atoms with Gasteiger partial charge in [0.05, 0.1) is 6.61 Å². The highest BCUT2D eigenvalue weighted by molar-refractivity contribution is 8.00. The molecule has 3 heterocycles. The molecule has 1 aliphatic heterocycles. The van der Waals surface area contributed by atoms with Crippen LogP contribution < -0.4 is 11.2 Å². The van der Waals surface area contributed by atoms with Crippen LogP contribution in [0.4, 0.5) is 0 Å². The van der Waals surface area contributed by atoms with Gasteiger partial charge in [0.1, 0.15) is 21.5 Å². The highest BCUT2D eigenvalue weighted by Gasteiger charge is 2.30. The SMILES string of the molecule is Cc1nc(S[C@@H]2CCOC2=O)c2c(=O)n(C)c(=O)n(CC(C)C)c2n1. The van der Waals surface area contributed by atoms with Crippen LogP contribution >= 0.6 is 11.8 Å². The molecule has 0 saturated carbocycles. The molecule has 0 bridgehead atoms. The molecule has 0 unspecified atom stereocenters. The maximum atomic E-state index is 12.7. The second kappa shape index (κ2) is 6.62. The van der Waals surface area contributed by atoms with Crippen LogP contribution in [0, 0.1) is 12.8 Å². The summed E-state index contributed by atoms with van der Waals surface area (Å²) in [4.78, 5) is 45.8. The molecule has 0 amide bonds. The van der Waals surface area contributed by atoms with Crippen molar-refractivity contribution in [2.24, 2.45) is 13.0 Å². The smallest absolute Gasteiger partial charge is 0.332 e. The molecule has 1 saturated heterocycles. The summed E-state index contributed by atoms with van der Waals surface area (Å²) in [5.41, 5.74) is -0.530. The summed E-state index contributed by atoms with van der Waals surface area (Å²) >= 11 is 1.20. The Morgan fingerprint density at radius 2 is 2.00 bits per heavy atom. The van der Waals surface area contributed by atoms with Crippen molar-refractivity contribution >= 4 is 28.8 Å². The fourth-order valence-corrected chi connectivity index (χ4v) is 3.90. The monoisotopic (exact) mass is 364 g/mol. The minimum atomic E-state index is -0.450. The number of cyclic esters (lactones) is 1. The van der Waals surface area contributed by atoms with Gasteiger partial charge in [0, 0.05) is 20.0 Å². The molecule has 25 heavy (non-hydrogen) atoms. The molecule has 0 aromatic carbocycles. The van der Waals surface area contributed by atoms with Crippen molar-refractivity contribution in [3.63, 3.8) is 0 Å². The summed E-state index contributed by atoms with van der Waals surface area (Å²) in [6.45, 7) is 6.49. The lowest BCUT2D eigenvalue weighted by atomic mass is 10.2. The number of fused-ring (bicyclic) bond motifs is 1. The molecule has 0 spiro atoms. The van der Waals surface area contributed by atoms with Crippen molar-refractivity contribution in [1.29, 1.82) is 0 Å². The summed E-state index contributed by atoms with van der Waals surface area (Å²) in [6.07, 6.45) is 0.569. The Balaban J connectivity index is 2.28. The predicted molar refractivity (Wildman–Crippen MR) is 93.8 cm³/mol. The second-order valence-electron chi connectivity index (χ2n) is 6.49. The maximum Gasteiger partial charge on any atom is 0.332 e. The number of hydrogen-bond acceptors (Lipinski definition) is 7. The van der Waals surface area contributed by atoms with E-state index < -0.39 is 16.5 Å². The van der Waals surface area contributed by atoms with Crippen molar-refractivity contribution in [2.75, 3.05) is 6.61 Å². The van der Waals surface area contributed by atoms with Crippen LogP contribution in [0.15, 0.2) is 14.6 Å². The van der Waals surface area contributed by atoms with Crippen LogP contribution in [-0.4, -0.2) is 36.9 Å². The summed E-state index contributed by atoms with van der Waals surface area (Å²) < 4.78 is 7.56. The zero-order valence-corrected chi connectivity index (χ0v) is 15.4. The van der Waals surface area contributed by atoms with Gasteiger partial charge < -0.3 is 4.74 Å². The minimum Gasteiger partial charge on any atom is -0.465 e. The van der Waals surface area contributed by atoms with Crippen LogP contribution in [-0.2, 0) is 23.1 Å². The van der Waals surface area contributed by atoms with Crippen molar-refractivity contribution in [2.45, 2.75) is 44.0 Å². The molecule has 1 aliphatic rings. The molecular formula is C16H20N4O4S. The molecule has 2 aromatic rings. The van der Waals surface area contributed by atoms with E-state index in [1.165, 1.54) is 23.4 Å². The van der Waals surface area contributed by atoms with E-state index >= 15 is 0 Å². The van der Waals surface area contributed by atoms with Crippen molar-refractivity contribution in [3.05, 3.63) is 26.7 Å². The Kier molecular flexibility index (Phi) is 4.68. The van der Waals surface area contributed by atoms with Gasteiger partial charge in [0.25, 0.3) is 5.56 Å². The molecule has 1 fully saturated rings. The van der Waals surface area contributed by atoms with Gasteiger partial charge >= 0.3 is 11.7 Å². The zero-order chi connectivity index (χ0) is 18.3. The normalized spacial score (nSPS) is 17.5. The molecular weight excluding hydrogens is 344 g/mol. The number of carbonyl (C=O) groups excluding carboxylic acids is 1. The van der Waals surface area contributed by atoms with Gasteiger partial charge in [-0.3, -0.25) is 18.7 Å². The van der Waals surface area contributed by atoms with Crippen LogP contribution in [0.25, 0.3) is 11.0 Å². The first-order valence-electron chi connectivity index (χ1n) is 8.11. The van der Waals surface area contributed by atoms with Gasteiger partial charge in [0.2, 0.25) is 0 Å². The average molecular weight is 364 g/mol. The molecule has 134 valence electrons. The zero-order valence-electron chi connectivity index (χ0n) is 14.6. The third-order valence-electron chi connectivity index (χ3n) is 3.95. The summed E-state index contributed by atoms with van der Waals surface area (Å²) in [7, 11) is 1.44. The number of aryl methyl sites for hydroxylation is 1. The Bertz CT molecular complexity index is 963. The number of esters is 1. The molecule has 1 atom stereocenters. The van der Waals surface area contributed by atoms with Gasteiger partial charge in [0.15, 0.2) is 5.65 Å². The van der Waals surface area contributed by atoms with Gasteiger partial charge in [-0.1, -0.05) is 25.6 Å². The molecule has 0 N–H and O–H groups in total. The Hall–Kier alpha value is -2.16. The highest BCUT2D eigenvalue weighted by atomic mass is 32.2. The van der Waals surface area contributed by atoms with Gasteiger partial charge in [-0.25, -0.2) is 14.8 Å². The van der Waals surface area contributed by atoms with Crippen molar-refractivity contribution < 1.29 is 9.53 Å². The molecule has 3 rings (SSSR count). The lowest BCUT2D eigenvalue weighted by molar-refractivity contribution is -0.137. The summed E-state index contributed by atoms with van der Waals surface area (Å²) in [6, 6.07) is 0. The average Bonchev–Trinajstić information content (AvgIpc) is 2.94. The van der Waals surface area contributed by atoms with E-state index in [1.54, 1.807) is 6.92 Å². The maximum absolute atomic E-state index is 12.7. The first kappa shape index (κ1) is 17.7. The van der Waals surface area contributed by atoms with Crippen LogP contribution in [0.5, 0.6) is 0 Å². The van der Waals surface area contributed by atoms with E-state index in [0.29, 0.717) is 36.1 Å². The minimum absolute atomic E-state index is 0.203. The Morgan fingerprint density at radius 1 is 1.28 bits per heavy atom. The largest absolute Gasteiger partial charge is 0.465 e. The number of nitrogens with zero attached hydrogens (tertiary/aromatic N) is 4. The lowest BCUT2D eigenvalue weighted by Gasteiger charge is -2.15. The number of hydrogen-bond donors (Lipinski definition) is 0. The van der Waals surface area contributed by atoms with Crippen LogP contribution in [0.3, 0.4) is 0 Å². The number of carbonyl (C=O) groups is 1. The first-order chi connectivity index (χ1) is 11.8. The standard InChI is InChI=1S/C16H20N4O4S/c1-8(2)7-20-12-11(14(21)19(4)16(20)23)13(18-9(3)17-12)25-10-5-6-24-15(10)22/h8,10H,5-7H2,1-4H3/t10-/m1/s1. The predicted octanol–water partition coefficient (Wildman–Crippen LogP) is 0.862. The lowest BCUT2D eigenvalue weighted by Crippen LogP contribution is -2.39. The van der Waals surface area contributed by atoms with E-state index in [9.17, 15) is 14.4 Å². The molecule has 8 nitrogen and oxygen atoms in total.